The maximum absolute atomic E-state index is 12.8. The molecule has 0 amide bonds. The van der Waals surface area contributed by atoms with Crippen LogP contribution in [0.15, 0.2) is 41.3 Å². The number of ether oxygens (including phenoxy) is 1. The molecule has 0 unspecified atom stereocenters. The highest BCUT2D eigenvalue weighted by atomic mass is 16.5. The SMILES string of the molecule is CC(C)n1c(=O)n(C)c2nnc3ccc(-c4ccc([C@@H](C)OCCN5CC[C@H](C)C5)nc4)cc3c21. The molecular weight excluding hydrogens is 440 g/mol. The van der Waals surface area contributed by atoms with E-state index < -0.39 is 0 Å². The molecule has 4 aromatic rings. The number of imidazole rings is 1. The second kappa shape index (κ2) is 9.51. The molecule has 35 heavy (non-hydrogen) atoms. The van der Waals surface area contributed by atoms with Crippen LogP contribution >= 0.6 is 0 Å². The van der Waals surface area contributed by atoms with Gasteiger partial charge >= 0.3 is 5.69 Å². The first-order chi connectivity index (χ1) is 16.8. The Balaban J connectivity index is 1.39. The van der Waals surface area contributed by atoms with Crippen molar-refractivity contribution >= 4 is 22.1 Å². The van der Waals surface area contributed by atoms with Crippen molar-refractivity contribution in [1.29, 1.82) is 0 Å². The fraction of sp³-hybridized carbons (Fsp3) is 0.481. The molecule has 3 aromatic heterocycles. The number of benzene rings is 1. The van der Waals surface area contributed by atoms with Crippen molar-refractivity contribution in [3.8, 4) is 11.1 Å². The van der Waals surface area contributed by atoms with E-state index in [1.807, 2.05) is 38.2 Å². The topological polar surface area (TPSA) is 78.1 Å². The molecule has 1 aliphatic rings. The zero-order valence-corrected chi connectivity index (χ0v) is 21.2. The van der Waals surface area contributed by atoms with Gasteiger partial charge in [0.15, 0.2) is 5.65 Å². The molecule has 0 N–H and O–H groups in total. The number of rotatable bonds is 7. The van der Waals surface area contributed by atoms with Crippen molar-refractivity contribution in [3.63, 3.8) is 0 Å². The molecule has 4 heterocycles. The van der Waals surface area contributed by atoms with Crippen LogP contribution in [0.2, 0.25) is 0 Å². The Morgan fingerprint density at radius 1 is 1.11 bits per heavy atom. The number of hydrogen-bond donors (Lipinski definition) is 0. The standard InChI is InChI=1S/C27H34N6O2/c1-17(2)33-25-22-14-20(6-9-24(22)29-30-26(25)31(5)27(33)34)21-7-8-23(28-15-21)19(4)35-13-12-32-11-10-18(3)16-32/h6-9,14-15,17-19H,10-13,16H2,1-5H3/t18-,19+/m0/s1. The van der Waals surface area contributed by atoms with Crippen LogP contribution in [-0.2, 0) is 11.8 Å². The van der Waals surface area contributed by atoms with Crippen molar-refractivity contribution in [2.45, 2.75) is 46.3 Å². The van der Waals surface area contributed by atoms with Crippen LogP contribution in [0.3, 0.4) is 0 Å². The van der Waals surface area contributed by atoms with Crippen molar-refractivity contribution in [2.75, 3.05) is 26.2 Å². The first-order valence-corrected chi connectivity index (χ1v) is 12.5. The van der Waals surface area contributed by atoms with Gasteiger partial charge in [0.1, 0.15) is 5.52 Å². The van der Waals surface area contributed by atoms with Gasteiger partial charge in [0, 0.05) is 43.3 Å². The lowest BCUT2D eigenvalue weighted by molar-refractivity contribution is 0.0487. The summed E-state index contributed by atoms with van der Waals surface area (Å²) in [6, 6.07) is 10.2. The summed E-state index contributed by atoms with van der Waals surface area (Å²) in [5.74, 6) is 0.791. The van der Waals surface area contributed by atoms with E-state index in [2.05, 4.69) is 41.1 Å². The first-order valence-electron chi connectivity index (χ1n) is 12.5. The third-order valence-corrected chi connectivity index (χ3v) is 7.10. The highest BCUT2D eigenvalue weighted by Gasteiger charge is 2.20. The van der Waals surface area contributed by atoms with Crippen LogP contribution in [0.1, 0.15) is 52.0 Å². The van der Waals surface area contributed by atoms with Crippen molar-refractivity contribution in [1.82, 2.24) is 29.2 Å². The van der Waals surface area contributed by atoms with Crippen LogP contribution in [0.4, 0.5) is 0 Å². The Bertz CT molecular complexity index is 1410. The predicted molar refractivity (Wildman–Crippen MR) is 138 cm³/mol. The van der Waals surface area contributed by atoms with Crippen LogP contribution < -0.4 is 5.69 Å². The number of likely N-dealkylation sites (tertiary alicyclic amines) is 1. The lowest BCUT2D eigenvalue weighted by Crippen LogP contribution is -2.25. The molecule has 184 valence electrons. The van der Waals surface area contributed by atoms with E-state index in [-0.39, 0.29) is 17.8 Å². The van der Waals surface area contributed by atoms with Crippen LogP contribution in [0, 0.1) is 5.92 Å². The van der Waals surface area contributed by atoms with Gasteiger partial charge in [0.25, 0.3) is 0 Å². The zero-order valence-electron chi connectivity index (χ0n) is 21.2. The molecule has 1 saturated heterocycles. The van der Waals surface area contributed by atoms with Crippen LogP contribution in [0.25, 0.3) is 33.2 Å². The number of aryl methyl sites for hydroxylation is 1. The highest BCUT2D eigenvalue weighted by Crippen LogP contribution is 2.29. The summed E-state index contributed by atoms with van der Waals surface area (Å²) < 4.78 is 9.43. The molecule has 2 atom stereocenters. The fourth-order valence-electron chi connectivity index (χ4n) is 5.04. The third-order valence-electron chi connectivity index (χ3n) is 7.10. The molecule has 5 rings (SSSR count). The summed E-state index contributed by atoms with van der Waals surface area (Å²) in [6.45, 7) is 12.4. The first kappa shape index (κ1) is 23.6. The van der Waals surface area contributed by atoms with Gasteiger partial charge < -0.3 is 9.64 Å². The number of pyridine rings is 1. The largest absolute Gasteiger partial charge is 0.371 e. The van der Waals surface area contributed by atoms with Gasteiger partial charge in [-0.15, -0.1) is 10.2 Å². The summed E-state index contributed by atoms with van der Waals surface area (Å²) in [5, 5.41) is 9.59. The third kappa shape index (κ3) is 4.48. The molecule has 8 nitrogen and oxygen atoms in total. The normalized spacial score (nSPS) is 17.7. The number of nitrogens with zero attached hydrogens (tertiary/aromatic N) is 6. The van der Waals surface area contributed by atoms with Crippen LogP contribution in [-0.4, -0.2) is 55.5 Å². The minimum atomic E-state index is -0.0820. The fourth-order valence-corrected chi connectivity index (χ4v) is 5.04. The number of aromatic nitrogens is 5. The Morgan fingerprint density at radius 2 is 1.91 bits per heavy atom. The molecule has 0 aliphatic carbocycles. The average molecular weight is 475 g/mol. The second-order valence-electron chi connectivity index (χ2n) is 10.1. The molecule has 0 radical (unpaired) electrons. The van der Waals surface area contributed by atoms with Gasteiger partial charge in [-0.25, -0.2) is 4.79 Å². The quantitative estimate of drug-likeness (QED) is 0.396. The van der Waals surface area contributed by atoms with Gasteiger partial charge in [-0.05, 0) is 63.4 Å². The molecule has 8 heteroatoms. The summed E-state index contributed by atoms with van der Waals surface area (Å²) in [4.78, 5) is 20.0. The Kier molecular flexibility index (Phi) is 6.42. The minimum absolute atomic E-state index is 0.0126. The maximum Gasteiger partial charge on any atom is 0.330 e. The van der Waals surface area contributed by atoms with E-state index in [1.165, 1.54) is 19.5 Å². The lowest BCUT2D eigenvalue weighted by Gasteiger charge is -2.18. The van der Waals surface area contributed by atoms with Crippen molar-refractivity contribution in [2.24, 2.45) is 13.0 Å². The van der Waals surface area contributed by atoms with E-state index >= 15 is 0 Å². The van der Waals surface area contributed by atoms with Gasteiger partial charge in [-0.3, -0.25) is 14.1 Å². The Labute approximate surface area is 205 Å². The highest BCUT2D eigenvalue weighted by molar-refractivity contribution is 6.02. The Hall–Kier alpha value is -3.10. The van der Waals surface area contributed by atoms with E-state index in [9.17, 15) is 4.79 Å². The van der Waals surface area contributed by atoms with Crippen LogP contribution in [0.5, 0.6) is 0 Å². The van der Waals surface area contributed by atoms with Gasteiger partial charge in [-0.1, -0.05) is 19.1 Å². The second-order valence-corrected chi connectivity index (χ2v) is 10.1. The van der Waals surface area contributed by atoms with E-state index in [0.29, 0.717) is 12.3 Å². The van der Waals surface area contributed by atoms with Gasteiger partial charge in [0.2, 0.25) is 0 Å². The number of hydrogen-bond acceptors (Lipinski definition) is 6. The summed E-state index contributed by atoms with van der Waals surface area (Å²) in [6.07, 6.45) is 3.12. The van der Waals surface area contributed by atoms with E-state index in [0.717, 1.165) is 45.7 Å². The molecule has 1 aromatic carbocycles. The van der Waals surface area contributed by atoms with Crippen molar-refractivity contribution in [3.05, 3.63) is 52.7 Å². The summed E-state index contributed by atoms with van der Waals surface area (Å²) in [7, 11) is 1.74. The van der Waals surface area contributed by atoms with E-state index in [1.54, 1.807) is 16.2 Å². The van der Waals surface area contributed by atoms with Crippen molar-refractivity contribution < 1.29 is 4.74 Å². The Morgan fingerprint density at radius 3 is 2.60 bits per heavy atom. The lowest BCUT2D eigenvalue weighted by atomic mass is 10.0. The minimum Gasteiger partial charge on any atom is -0.371 e. The summed E-state index contributed by atoms with van der Waals surface area (Å²) >= 11 is 0. The van der Waals surface area contributed by atoms with E-state index in [4.69, 9.17) is 9.72 Å². The molecular formula is C27H34N6O2. The predicted octanol–water partition coefficient (Wildman–Crippen LogP) is 4.35. The molecule has 0 spiro atoms. The average Bonchev–Trinajstić information content (AvgIpc) is 3.39. The number of fused-ring (bicyclic) bond motifs is 3. The molecule has 0 saturated carbocycles. The van der Waals surface area contributed by atoms with Gasteiger partial charge in [-0.2, -0.15) is 0 Å². The maximum atomic E-state index is 12.8. The molecule has 1 fully saturated rings. The molecule has 1 aliphatic heterocycles. The summed E-state index contributed by atoms with van der Waals surface area (Å²) in [5.41, 5.74) is 5.05. The smallest absolute Gasteiger partial charge is 0.330 e. The molecule has 0 bridgehead atoms. The monoisotopic (exact) mass is 474 g/mol. The van der Waals surface area contributed by atoms with Gasteiger partial charge in [0.05, 0.1) is 23.9 Å². The zero-order chi connectivity index (χ0) is 24.7.